The fourth-order valence-electron chi connectivity index (χ4n) is 1.44. The van der Waals surface area contributed by atoms with Crippen LogP contribution in [0.1, 0.15) is 24.7 Å². The summed E-state index contributed by atoms with van der Waals surface area (Å²) in [6.45, 7) is 0. The van der Waals surface area contributed by atoms with Gasteiger partial charge < -0.3 is 5.32 Å². The molecule has 1 atom stereocenters. The van der Waals surface area contributed by atoms with Crippen molar-refractivity contribution in [1.82, 2.24) is 15.3 Å². The Labute approximate surface area is 96.2 Å². The Morgan fingerprint density at radius 1 is 1.38 bits per heavy atom. The highest BCUT2D eigenvalue weighted by molar-refractivity contribution is 7.90. The highest BCUT2D eigenvalue weighted by atomic mass is 32.2. The summed E-state index contributed by atoms with van der Waals surface area (Å²) in [5.74, 6) is 0.913. The number of hydrogen-bond acceptors (Lipinski definition) is 5. The monoisotopic (exact) mass is 243 g/mol. The van der Waals surface area contributed by atoms with Crippen molar-refractivity contribution >= 4 is 9.84 Å². The van der Waals surface area contributed by atoms with Gasteiger partial charge in [-0.15, -0.1) is 0 Å². The largest absolute Gasteiger partial charge is 0.310 e. The van der Waals surface area contributed by atoms with Crippen LogP contribution in [-0.2, 0) is 9.84 Å². The molecule has 1 heterocycles. The second-order valence-corrected chi connectivity index (χ2v) is 5.98. The van der Waals surface area contributed by atoms with E-state index in [1.54, 1.807) is 18.5 Å². The molecule has 1 aromatic rings. The van der Waals surface area contributed by atoms with Gasteiger partial charge in [0.25, 0.3) is 0 Å². The molecule has 0 spiro atoms. The molecule has 0 aromatic carbocycles. The number of nitrogens with zero attached hydrogens (tertiary/aromatic N) is 2. The second kappa shape index (κ2) is 5.91. The number of sulfone groups is 1. The third kappa shape index (κ3) is 4.67. The standard InChI is InChI=1S/C10H17N3O2S/c1-11-9(5-3-8-16(2,14)15)10-12-6-4-7-13-10/h4,6-7,9,11H,3,5,8H2,1-2H3. The Balaban J connectivity index is 2.51. The van der Waals surface area contributed by atoms with Crippen LogP contribution in [0.25, 0.3) is 0 Å². The van der Waals surface area contributed by atoms with Gasteiger partial charge in [-0.25, -0.2) is 18.4 Å². The van der Waals surface area contributed by atoms with Crippen LogP contribution in [0.3, 0.4) is 0 Å². The quantitative estimate of drug-likeness (QED) is 0.790. The molecule has 0 aliphatic carbocycles. The zero-order valence-electron chi connectivity index (χ0n) is 9.55. The SMILES string of the molecule is CNC(CCCS(C)(=O)=O)c1ncccn1. The molecule has 0 aliphatic rings. The predicted molar refractivity (Wildman–Crippen MR) is 62.8 cm³/mol. The molecule has 5 nitrogen and oxygen atoms in total. The number of rotatable bonds is 6. The average Bonchev–Trinajstić information content (AvgIpc) is 2.24. The summed E-state index contributed by atoms with van der Waals surface area (Å²) in [6.07, 6.45) is 5.95. The van der Waals surface area contributed by atoms with Crippen molar-refractivity contribution in [3.05, 3.63) is 24.3 Å². The molecule has 16 heavy (non-hydrogen) atoms. The molecule has 1 aromatic heterocycles. The number of hydrogen-bond donors (Lipinski definition) is 1. The Kier molecular flexibility index (Phi) is 4.82. The van der Waals surface area contributed by atoms with Gasteiger partial charge in [0.2, 0.25) is 0 Å². The van der Waals surface area contributed by atoms with Crippen molar-refractivity contribution in [3.63, 3.8) is 0 Å². The predicted octanol–water partition coefficient (Wildman–Crippen LogP) is 0.562. The molecule has 0 fully saturated rings. The van der Waals surface area contributed by atoms with E-state index in [0.29, 0.717) is 18.7 Å². The zero-order chi connectivity index (χ0) is 12.0. The summed E-state index contributed by atoms with van der Waals surface area (Å²) in [5.41, 5.74) is 0. The van der Waals surface area contributed by atoms with Gasteiger partial charge in [-0.3, -0.25) is 0 Å². The lowest BCUT2D eigenvalue weighted by Gasteiger charge is -2.13. The Hall–Kier alpha value is -1.01. The first-order valence-electron chi connectivity index (χ1n) is 5.15. The normalized spacial score (nSPS) is 13.6. The molecule has 0 radical (unpaired) electrons. The second-order valence-electron chi connectivity index (χ2n) is 3.72. The van der Waals surface area contributed by atoms with Crippen molar-refractivity contribution in [2.45, 2.75) is 18.9 Å². The minimum atomic E-state index is -2.88. The first-order valence-corrected chi connectivity index (χ1v) is 7.21. The highest BCUT2D eigenvalue weighted by Crippen LogP contribution is 2.13. The van der Waals surface area contributed by atoms with Gasteiger partial charge in [0.05, 0.1) is 6.04 Å². The van der Waals surface area contributed by atoms with E-state index in [1.807, 2.05) is 7.05 Å². The molecule has 1 N–H and O–H groups in total. The molecule has 6 heteroatoms. The summed E-state index contributed by atoms with van der Waals surface area (Å²) in [4.78, 5) is 8.28. The Morgan fingerprint density at radius 3 is 2.50 bits per heavy atom. The smallest absolute Gasteiger partial charge is 0.147 e. The number of nitrogens with one attached hydrogen (secondary N) is 1. The Morgan fingerprint density at radius 2 is 2.00 bits per heavy atom. The zero-order valence-corrected chi connectivity index (χ0v) is 10.4. The van der Waals surface area contributed by atoms with E-state index < -0.39 is 9.84 Å². The van der Waals surface area contributed by atoms with E-state index in [1.165, 1.54) is 6.26 Å². The topological polar surface area (TPSA) is 72.0 Å². The maximum absolute atomic E-state index is 11.0. The molecule has 1 rings (SSSR count). The fourth-order valence-corrected chi connectivity index (χ4v) is 2.13. The summed E-state index contributed by atoms with van der Waals surface area (Å²) in [5, 5.41) is 3.08. The third-order valence-corrected chi connectivity index (χ3v) is 3.28. The van der Waals surface area contributed by atoms with E-state index in [2.05, 4.69) is 15.3 Å². The van der Waals surface area contributed by atoms with Gasteiger partial charge in [-0.1, -0.05) is 0 Å². The summed E-state index contributed by atoms with van der Waals surface area (Å²) in [6, 6.07) is 1.77. The van der Waals surface area contributed by atoms with Crippen molar-refractivity contribution in [1.29, 1.82) is 0 Å². The maximum Gasteiger partial charge on any atom is 0.147 e. The summed E-state index contributed by atoms with van der Waals surface area (Å²) >= 11 is 0. The van der Waals surface area contributed by atoms with Crippen molar-refractivity contribution in [3.8, 4) is 0 Å². The molecular weight excluding hydrogens is 226 g/mol. The van der Waals surface area contributed by atoms with E-state index in [0.717, 1.165) is 0 Å². The molecule has 0 saturated heterocycles. The van der Waals surface area contributed by atoms with Crippen LogP contribution in [-0.4, -0.2) is 37.4 Å². The summed E-state index contributed by atoms with van der Waals surface area (Å²) in [7, 11) is -1.06. The van der Waals surface area contributed by atoms with E-state index >= 15 is 0 Å². The van der Waals surface area contributed by atoms with E-state index in [4.69, 9.17) is 0 Å². The van der Waals surface area contributed by atoms with Crippen LogP contribution in [0.2, 0.25) is 0 Å². The number of aromatic nitrogens is 2. The van der Waals surface area contributed by atoms with Crippen molar-refractivity contribution in [2.24, 2.45) is 0 Å². The van der Waals surface area contributed by atoms with Crippen LogP contribution in [0.4, 0.5) is 0 Å². The van der Waals surface area contributed by atoms with Gasteiger partial charge in [-0.2, -0.15) is 0 Å². The van der Waals surface area contributed by atoms with E-state index in [9.17, 15) is 8.42 Å². The van der Waals surface area contributed by atoms with Crippen LogP contribution in [0.5, 0.6) is 0 Å². The van der Waals surface area contributed by atoms with Gasteiger partial charge in [0.1, 0.15) is 15.7 Å². The third-order valence-electron chi connectivity index (χ3n) is 2.25. The molecule has 0 saturated carbocycles. The molecule has 0 bridgehead atoms. The minimum Gasteiger partial charge on any atom is -0.310 e. The van der Waals surface area contributed by atoms with Crippen molar-refractivity contribution < 1.29 is 8.42 Å². The highest BCUT2D eigenvalue weighted by Gasteiger charge is 2.12. The summed E-state index contributed by atoms with van der Waals surface area (Å²) < 4.78 is 22.0. The molecule has 0 amide bonds. The van der Waals surface area contributed by atoms with Crippen LogP contribution in [0, 0.1) is 0 Å². The molecule has 1 unspecified atom stereocenters. The maximum atomic E-state index is 11.0. The fraction of sp³-hybridized carbons (Fsp3) is 0.600. The molecule has 90 valence electrons. The lowest BCUT2D eigenvalue weighted by atomic mass is 10.1. The lowest BCUT2D eigenvalue weighted by Crippen LogP contribution is -2.19. The first-order chi connectivity index (χ1) is 7.53. The van der Waals surface area contributed by atoms with Gasteiger partial charge in [0, 0.05) is 24.4 Å². The Bertz CT molecular complexity index is 405. The van der Waals surface area contributed by atoms with Gasteiger partial charge >= 0.3 is 0 Å². The molecular formula is C10H17N3O2S. The van der Waals surface area contributed by atoms with Gasteiger partial charge in [-0.05, 0) is 26.0 Å². The van der Waals surface area contributed by atoms with Crippen LogP contribution >= 0.6 is 0 Å². The van der Waals surface area contributed by atoms with Gasteiger partial charge in [0.15, 0.2) is 0 Å². The first kappa shape index (κ1) is 13.1. The van der Waals surface area contributed by atoms with E-state index in [-0.39, 0.29) is 11.8 Å². The molecule has 0 aliphatic heterocycles. The minimum absolute atomic E-state index is 0.0166. The van der Waals surface area contributed by atoms with Crippen LogP contribution < -0.4 is 5.32 Å². The van der Waals surface area contributed by atoms with Crippen LogP contribution in [0.15, 0.2) is 18.5 Å². The average molecular weight is 243 g/mol. The van der Waals surface area contributed by atoms with Crippen molar-refractivity contribution in [2.75, 3.05) is 19.1 Å². The lowest BCUT2D eigenvalue weighted by molar-refractivity contribution is 0.511.